The van der Waals surface area contributed by atoms with E-state index in [-0.39, 0.29) is 0 Å². The van der Waals surface area contributed by atoms with Gasteiger partial charge in [0.2, 0.25) is 0 Å². The van der Waals surface area contributed by atoms with Crippen LogP contribution in [0.1, 0.15) is 53.9 Å². The lowest BCUT2D eigenvalue weighted by Crippen LogP contribution is -2.40. The third-order valence-corrected chi connectivity index (χ3v) is 4.95. The van der Waals surface area contributed by atoms with E-state index in [1.54, 1.807) is 11.3 Å². The molecule has 102 valence electrons. The Morgan fingerprint density at radius 3 is 2.44 bits per heavy atom. The van der Waals surface area contributed by atoms with Gasteiger partial charge in [-0.05, 0) is 49.0 Å². The standard InChI is InChI=1S/C17H29N/c1-6-8-14-16(15-12(2)11-13(15)3)18-10-7-9-17(14,4)5/h6,8,12-13,15,18H,7,9-11H2,1-5H3/b8-6-. The summed E-state index contributed by atoms with van der Waals surface area (Å²) in [7, 11) is 0. The van der Waals surface area contributed by atoms with Gasteiger partial charge in [0, 0.05) is 18.2 Å². The fourth-order valence-corrected chi connectivity index (χ4v) is 3.94. The topological polar surface area (TPSA) is 12.0 Å². The first-order valence-electron chi connectivity index (χ1n) is 7.58. The Morgan fingerprint density at radius 2 is 1.89 bits per heavy atom. The Labute approximate surface area is 113 Å². The summed E-state index contributed by atoms with van der Waals surface area (Å²) in [6, 6.07) is 0. The van der Waals surface area contributed by atoms with Gasteiger partial charge in [0.05, 0.1) is 0 Å². The molecular formula is C17H29N. The summed E-state index contributed by atoms with van der Waals surface area (Å²) < 4.78 is 0. The molecule has 1 heteroatoms. The Balaban J connectivity index is 2.41. The van der Waals surface area contributed by atoms with Gasteiger partial charge < -0.3 is 5.32 Å². The van der Waals surface area contributed by atoms with Crippen LogP contribution in [0.15, 0.2) is 23.4 Å². The van der Waals surface area contributed by atoms with Gasteiger partial charge in [0.25, 0.3) is 0 Å². The van der Waals surface area contributed by atoms with Crippen molar-refractivity contribution in [2.75, 3.05) is 6.54 Å². The smallest absolute Gasteiger partial charge is 0.0181 e. The second kappa shape index (κ2) is 5.11. The average molecular weight is 247 g/mol. The van der Waals surface area contributed by atoms with Crippen molar-refractivity contribution >= 4 is 0 Å². The quantitative estimate of drug-likeness (QED) is 0.756. The van der Waals surface area contributed by atoms with E-state index in [0.29, 0.717) is 5.41 Å². The number of allylic oxidation sites excluding steroid dienone is 4. The number of hydrogen-bond donors (Lipinski definition) is 1. The van der Waals surface area contributed by atoms with E-state index in [1.807, 2.05) is 0 Å². The molecule has 0 aromatic heterocycles. The maximum atomic E-state index is 3.76. The summed E-state index contributed by atoms with van der Waals surface area (Å²) >= 11 is 0. The van der Waals surface area contributed by atoms with E-state index < -0.39 is 0 Å². The number of nitrogens with one attached hydrogen (secondary N) is 1. The minimum Gasteiger partial charge on any atom is -0.388 e. The van der Waals surface area contributed by atoms with Crippen LogP contribution in [0.25, 0.3) is 0 Å². The SMILES string of the molecule is C/C=C\C1=C(C2C(C)CC2C)NCCCC1(C)C. The Bertz CT molecular complexity index is 354. The predicted octanol–water partition coefficient (Wildman–Crippen LogP) is 4.52. The lowest BCUT2D eigenvalue weighted by atomic mass is 9.63. The van der Waals surface area contributed by atoms with Crippen LogP contribution < -0.4 is 5.32 Å². The lowest BCUT2D eigenvalue weighted by molar-refractivity contribution is 0.127. The highest BCUT2D eigenvalue weighted by molar-refractivity contribution is 5.34. The highest BCUT2D eigenvalue weighted by Crippen LogP contribution is 2.48. The molecule has 18 heavy (non-hydrogen) atoms. The fourth-order valence-electron chi connectivity index (χ4n) is 3.94. The summed E-state index contributed by atoms with van der Waals surface area (Å²) in [5.74, 6) is 2.45. The first-order chi connectivity index (χ1) is 8.47. The normalized spacial score (nSPS) is 36.2. The lowest BCUT2D eigenvalue weighted by Gasteiger charge is -2.44. The zero-order valence-electron chi connectivity index (χ0n) is 12.7. The highest BCUT2D eigenvalue weighted by Gasteiger charge is 2.40. The number of hydrogen-bond acceptors (Lipinski definition) is 1. The summed E-state index contributed by atoms with van der Waals surface area (Å²) in [6.45, 7) is 12.9. The first-order valence-corrected chi connectivity index (χ1v) is 7.58. The van der Waals surface area contributed by atoms with Gasteiger partial charge in [-0.15, -0.1) is 0 Å². The molecule has 0 aromatic carbocycles. The first kappa shape index (κ1) is 13.7. The van der Waals surface area contributed by atoms with Gasteiger partial charge >= 0.3 is 0 Å². The third-order valence-electron chi connectivity index (χ3n) is 4.95. The van der Waals surface area contributed by atoms with E-state index in [4.69, 9.17) is 0 Å². The van der Waals surface area contributed by atoms with Crippen LogP contribution in [-0.4, -0.2) is 6.54 Å². The molecule has 1 saturated carbocycles. The van der Waals surface area contributed by atoms with Crippen LogP contribution >= 0.6 is 0 Å². The van der Waals surface area contributed by atoms with E-state index >= 15 is 0 Å². The van der Waals surface area contributed by atoms with Crippen LogP contribution in [0, 0.1) is 23.2 Å². The van der Waals surface area contributed by atoms with Gasteiger partial charge in [-0.1, -0.05) is 39.8 Å². The highest BCUT2D eigenvalue weighted by atomic mass is 14.9. The van der Waals surface area contributed by atoms with E-state index in [0.717, 1.165) is 24.3 Å². The Kier molecular flexibility index (Phi) is 3.89. The molecule has 1 aliphatic carbocycles. The maximum Gasteiger partial charge on any atom is 0.0181 e. The fraction of sp³-hybridized carbons (Fsp3) is 0.765. The zero-order chi connectivity index (χ0) is 13.3. The molecule has 2 rings (SSSR count). The Hall–Kier alpha value is -0.720. The number of rotatable bonds is 2. The predicted molar refractivity (Wildman–Crippen MR) is 79.3 cm³/mol. The van der Waals surface area contributed by atoms with Crippen molar-refractivity contribution in [1.82, 2.24) is 5.32 Å². The van der Waals surface area contributed by atoms with Gasteiger partial charge in [-0.3, -0.25) is 0 Å². The summed E-state index contributed by atoms with van der Waals surface area (Å²) in [5, 5.41) is 3.76. The van der Waals surface area contributed by atoms with Crippen LogP contribution in [0.4, 0.5) is 0 Å². The van der Waals surface area contributed by atoms with Crippen LogP contribution in [0.5, 0.6) is 0 Å². The van der Waals surface area contributed by atoms with E-state index in [2.05, 4.69) is 52.1 Å². The van der Waals surface area contributed by atoms with Gasteiger partial charge in [0.15, 0.2) is 0 Å². The van der Waals surface area contributed by atoms with Crippen molar-refractivity contribution < 1.29 is 0 Å². The molecule has 0 bridgehead atoms. The maximum absolute atomic E-state index is 3.76. The average Bonchev–Trinajstić information content (AvgIpc) is 2.41. The molecule has 1 aliphatic heterocycles. The van der Waals surface area contributed by atoms with Gasteiger partial charge in [-0.2, -0.15) is 0 Å². The summed E-state index contributed by atoms with van der Waals surface area (Å²) in [6.07, 6.45) is 8.52. The molecular weight excluding hydrogens is 218 g/mol. The Morgan fingerprint density at radius 1 is 1.22 bits per heavy atom. The molecule has 2 unspecified atom stereocenters. The largest absolute Gasteiger partial charge is 0.388 e. The van der Waals surface area contributed by atoms with Crippen LogP contribution in [0.3, 0.4) is 0 Å². The molecule has 0 spiro atoms. The molecule has 1 fully saturated rings. The second-order valence-corrected chi connectivity index (χ2v) is 6.96. The molecule has 0 aromatic rings. The summed E-state index contributed by atoms with van der Waals surface area (Å²) in [4.78, 5) is 0. The van der Waals surface area contributed by atoms with Crippen LogP contribution in [-0.2, 0) is 0 Å². The van der Waals surface area contributed by atoms with Crippen LogP contribution in [0.2, 0.25) is 0 Å². The molecule has 0 radical (unpaired) electrons. The van der Waals surface area contributed by atoms with E-state index in [9.17, 15) is 0 Å². The monoisotopic (exact) mass is 247 g/mol. The molecule has 0 saturated heterocycles. The van der Waals surface area contributed by atoms with Crippen molar-refractivity contribution in [2.24, 2.45) is 23.2 Å². The second-order valence-electron chi connectivity index (χ2n) is 6.96. The van der Waals surface area contributed by atoms with Crippen molar-refractivity contribution in [3.8, 4) is 0 Å². The molecule has 1 heterocycles. The van der Waals surface area contributed by atoms with Gasteiger partial charge in [0.1, 0.15) is 0 Å². The molecule has 0 amide bonds. The van der Waals surface area contributed by atoms with E-state index in [1.165, 1.54) is 19.3 Å². The molecule has 1 nitrogen and oxygen atoms in total. The molecule has 1 N–H and O–H groups in total. The minimum absolute atomic E-state index is 0.320. The van der Waals surface area contributed by atoms with Crippen molar-refractivity contribution in [1.29, 1.82) is 0 Å². The van der Waals surface area contributed by atoms with Crippen molar-refractivity contribution in [2.45, 2.75) is 53.9 Å². The molecule has 2 atom stereocenters. The van der Waals surface area contributed by atoms with Gasteiger partial charge in [-0.25, -0.2) is 0 Å². The minimum atomic E-state index is 0.320. The van der Waals surface area contributed by atoms with Crippen molar-refractivity contribution in [3.63, 3.8) is 0 Å². The van der Waals surface area contributed by atoms with Crippen molar-refractivity contribution in [3.05, 3.63) is 23.4 Å². The molecule has 2 aliphatic rings. The zero-order valence-corrected chi connectivity index (χ0v) is 12.7. The summed E-state index contributed by atoms with van der Waals surface area (Å²) in [5.41, 5.74) is 3.44. The third kappa shape index (κ3) is 2.37.